The Hall–Kier alpha value is -3.95. The minimum Gasteiger partial charge on any atom is -0.322 e. The summed E-state index contributed by atoms with van der Waals surface area (Å²) in [5.41, 5.74) is 3.51. The highest BCUT2D eigenvalue weighted by atomic mass is 32.1. The van der Waals surface area contributed by atoms with Crippen LogP contribution in [0.3, 0.4) is 0 Å². The van der Waals surface area contributed by atoms with E-state index in [1.807, 2.05) is 35.0 Å². The van der Waals surface area contributed by atoms with Crippen LogP contribution in [-0.2, 0) is 0 Å². The molecule has 0 aliphatic rings. The first kappa shape index (κ1) is 20.0. The van der Waals surface area contributed by atoms with Gasteiger partial charge in [-0.25, -0.2) is 9.97 Å². The van der Waals surface area contributed by atoms with Gasteiger partial charge >= 0.3 is 0 Å². The lowest BCUT2D eigenvalue weighted by Crippen LogP contribution is -2.12. The van der Waals surface area contributed by atoms with Gasteiger partial charge in [0.05, 0.1) is 25.7 Å². The molecule has 3 heterocycles. The predicted octanol–water partition coefficient (Wildman–Crippen LogP) is 6.25. The number of carbonyl (C=O) groups excluding carboxylic acids is 1. The molecule has 32 heavy (non-hydrogen) atoms. The summed E-state index contributed by atoms with van der Waals surface area (Å²) in [5.74, 6) is -0.380. The Morgan fingerprint density at radius 2 is 1.53 bits per heavy atom. The second kappa shape index (κ2) is 8.29. The second-order valence-electron chi connectivity index (χ2n) is 6.84. The predicted molar refractivity (Wildman–Crippen MR) is 127 cm³/mol. The Balaban J connectivity index is 1.54. The van der Waals surface area contributed by atoms with Crippen molar-refractivity contribution in [2.75, 3.05) is 5.32 Å². The van der Waals surface area contributed by atoms with E-state index in [4.69, 9.17) is 9.97 Å². The molecule has 0 radical (unpaired) electrons. The fourth-order valence-corrected chi connectivity index (χ4v) is 4.70. The smallest absolute Gasteiger partial charge is 0.271 e. The van der Waals surface area contributed by atoms with Gasteiger partial charge in [0.1, 0.15) is 11.4 Å². The number of benzene rings is 2. The molecule has 0 atom stereocenters. The SMILES string of the molecule is O=C(Nc1cccc([N+](=O)[O-])c1)c1ccc2nc(-c3cccs3)c(-c3cccs3)nc2c1. The van der Waals surface area contributed by atoms with Crippen molar-refractivity contribution in [2.24, 2.45) is 0 Å². The number of nitrogens with one attached hydrogen (secondary N) is 1. The van der Waals surface area contributed by atoms with E-state index in [1.165, 1.54) is 18.2 Å². The number of rotatable bonds is 5. The number of nitro benzene ring substituents is 1. The summed E-state index contributed by atoms with van der Waals surface area (Å²) in [6.07, 6.45) is 0. The van der Waals surface area contributed by atoms with Gasteiger partial charge in [-0.15, -0.1) is 22.7 Å². The van der Waals surface area contributed by atoms with E-state index in [1.54, 1.807) is 46.9 Å². The molecule has 0 saturated carbocycles. The Kier molecular flexibility index (Phi) is 5.18. The summed E-state index contributed by atoms with van der Waals surface area (Å²) in [5, 5.41) is 17.7. The molecule has 9 heteroatoms. The van der Waals surface area contributed by atoms with Gasteiger partial charge in [0.2, 0.25) is 0 Å². The highest BCUT2D eigenvalue weighted by molar-refractivity contribution is 7.14. The Labute approximate surface area is 190 Å². The maximum absolute atomic E-state index is 12.8. The summed E-state index contributed by atoms with van der Waals surface area (Å²) in [4.78, 5) is 35.0. The van der Waals surface area contributed by atoms with Crippen LogP contribution in [0.15, 0.2) is 77.5 Å². The molecule has 0 spiro atoms. The lowest BCUT2D eigenvalue weighted by Gasteiger charge is -2.09. The van der Waals surface area contributed by atoms with Crippen LogP contribution in [-0.4, -0.2) is 20.8 Å². The number of non-ortho nitro benzene ring substituents is 1. The number of nitrogens with zero attached hydrogens (tertiary/aromatic N) is 3. The number of aromatic nitrogens is 2. The number of thiophene rings is 2. The summed E-state index contributed by atoms with van der Waals surface area (Å²) in [7, 11) is 0. The summed E-state index contributed by atoms with van der Waals surface area (Å²) in [6, 6.07) is 18.9. The van der Waals surface area contributed by atoms with E-state index in [-0.39, 0.29) is 11.6 Å². The maximum Gasteiger partial charge on any atom is 0.271 e. The molecule has 0 aliphatic heterocycles. The number of hydrogen-bond acceptors (Lipinski definition) is 7. The minimum atomic E-state index is -0.501. The molecule has 1 N–H and O–H groups in total. The number of amides is 1. The van der Waals surface area contributed by atoms with Crippen LogP contribution in [0.5, 0.6) is 0 Å². The molecule has 5 aromatic rings. The van der Waals surface area contributed by atoms with Gasteiger partial charge in [-0.2, -0.15) is 0 Å². The largest absolute Gasteiger partial charge is 0.322 e. The summed E-state index contributed by atoms with van der Waals surface area (Å²) < 4.78 is 0. The zero-order chi connectivity index (χ0) is 22.1. The minimum absolute atomic E-state index is 0.0890. The van der Waals surface area contributed by atoms with Crippen molar-refractivity contribution in [1.82, 2.24) is 9.97 Å². The molecule has 0 bridgehead atoms. The molecule has 156 valence electrons. The standard InChI is InChI=1S/C23H14N4O3S2/c28-23(24-15-4-1-5-16(13-15)27(29)30)14-8-9-17-18(12-14)26-22(20-7-3-11-32-20)21(25-17)19-6-2-10-31-19/h1-13H,(H,24,28). The van der Waals surface area contributed by atoms with Crippen LogP contribution >= 0.6 is 22.7 Å². The fourth-order valence-electron chi connectivity index (χ4n) is 3.27. The van der Waals surface area contributed by atoms with Gasteiger partial charge in [-0.05, 0) is 47.2 Å². The average molecular weight is 459 g/mol. The van der Waals surface area contributed by atoms with Crippen LogP contribution in [0.2, 0.25) is 0 Å². The van der Waals surface area contributed by atoms with Gasteiger partial charge in [0.15, 0.2) is 0 Å². The number of fused-ring (bicyclic) bond motifs is 1. The monoisotopic (exact) mass is 458 g/mol. The van der Waals surface area contributed by atoms with Gasteiger partial charge < -0.3 is 5.32 Å². The summed E-state index contributed by atoms with van der Waals surface area (Å²) >= 11 is 3.18. The molecule has 0 aliphatic carbocycles. The zero-order valence-electron chi connectivity index (χ0n) is 16.4. The first-order chi connectivity index (χ1) is 15.6. The number of anilines is 1. The quantitative estimate of drug-likeness (QED) is 0.248. The molecule has 1 amide bonds. The number of nitro groups is 1. The van der Waals surface area contributed by atoms with Crippen molar-refractivity contribution in [3.05, 3.63) is 93.2 Å². The highest BCUT2D eigenvalue weighted by Crippen LogP contribution is 2.35. The first-order valence-corrected chi connectivity index (χ1v) is 11.3. The fraction of sp³-hybridized carbons (Fsp3) is 0. The Morgan fingerprint density at radius 1 is 0.844 bits per heavy atom. The molecule has 0 unspecified atom stereocenters. The van der Waals surface area contributed by atoms with Gasteiger partial charge in [-0.1, -0.05) is 18.2 Å². The number of hydrogen-bond donors (Lipinski definition) is 1. The lowest BCUT2D eigenvalue weighted by molar-refractivity contribution is -0.384. The van der Waals surface area contributed by atoms with Crippen molar-refractivity contribution >= 4 is 51.0 Å². The van der Waals surface area contributed by atoms with Crippen molar-refractivity contribution < 1.29 is 9.72 Å². The van der Waals surface area contributed by atoms with Crippen LogP contribution < -0.4 is 5.32 Å². The van der Waals surface area contributed by atoms with Crippen LogP contribution in [0.1, 0.15) is 10.4 Å². The molecule has 2 aromatic carbocycles. The highest BCUT2D eigenvalue weighted by Gasteiger charge is 2.16. The molecule has 3 aromatic heterocycles. The second-order valence-corrected chi connectivity index (χ2v) is 8.74. The van der Waals surface area contributed by atoms with Gasteiger partial charge in [0.25, 0.3) is 11.6 Å². The zero-order valence-corrected chi connectivity index (χ0v) is 18.0. The molecule has 0 saturated heterocycles. The van der Waals surface area contributed by atoms with Crippen LogP contribution in [0.25, 0.3) is 32.2 Å². The third kappa shape index (κ3) is 3.86. The molecule has 0 fully saturated rings. The molecule has 7 nitrogen and oxygen atoms in total. The van der Waals surface area contributed by atoms with Crippen LogP contribution in [0.4, 0.5) is 11.4 Å². The van der Waals surface area contributed by atoms with Crippen molar-refractivity contribution in [3.63, 3.8) is 0 Å². The lowest BCUT2D eigenvalue weighted by atomic mass is 10.1. The van der Waals surface area contributed by atoms with E-state index in [9.17, 15) is 14.9 Å². The van der Waals surface area contributed by atoms with Gasteiger partial charge in [-0.3, -0.25) is 14.9 Å². The maximum atomic E-state index is 12.8. The summed E-state index contributed by atoms with van der Waals surface area (Å²) in [6.45, 7) is 0. The van der Waals surface area contributed by atoms with Gasteiger partial charge in [0, 0.05) is 23.4 Å². The van der Waals surface area contributed by atoms with E-state index in [0.717, 1.165) is 21.1 Å². The topological polar surface area (TPSA) is 98.0 Å². The Morgan fingerprint density at radius 3 is 2.16 bits per heavy atom. The van der Waals surface area contributed by atoms with E-state index in [2.05, 4.69) is 5.32 Å². The normalized spacial score (nSPS) is 10.9. The Bertz CT molecular complexity index is 1450. The van der Waals surface area contributed by atoms with Crippen molar-refractivity contribution in [3.8, 4) is 21.1 Å². The molecular weight excluding hydrogens is 444 g/mol. The van der Waals surface area contributed by atoms with Crippen molar-refractivity contribution in [1.29, 1.82) is 0 Å². The number of carbonyl (C=O) groups is 1. The van der Waals surface area contributed by atoms with E-state index < -0.39 is 4.92 Å². The first-order valence-electron chi connectivity index (χ1n) is 9.54. The average Bonchev–Trinajstić information content (AvgIpc) is 3.52. The molecular formula is C23H14N4O3S2. The third-order valence-corrected chi connectivity index (χ3v) is 6.50. The molecule has 5 rings (SSSR count). The van der Waals surface area contributed by atoms with E-state index >= 15 is 0 Å². The van der Waals surface area contributed by atoms with Crippen molar-refractivity contribution in [2.45, 2.75) is 0 Å². The van der Waals surface area contributed by atoms with Crippen LogP contribution in [0, 0.1) is 10.1 Å². The third-order valence-electron chi connectivity index (χ3n) is 4.75. The van der Waals surface area contributed by atoms with E-state index in [0.29, 0.717) is 22.3 Å².